The summed E-state index contributed by atoms with van der Waals surface area (Å²) in [4.78, 5) is 17.4. The highest BCUT2D eigenvalue weighted by molar-refractivity contribution is 9.10. The lowest BCUT2D eigenvalue weighted by Gasteiger charge is -2.14. The quantitative estimate of drug-likeness (QED) is 0.293. The van der Waals surface area contributed by atoms with E-state index >= 15 is 0 Å². The van der Waals surface area contributed by atoms with Gasteiger partial charge in [0, 0.05) is 20.6 Å². The van der Waals surface area contributed by atoms with Crippen LogP contribution in [0.4, 0.5) is 5.69 Å². The van der Waals surface area contributed by atoms with Crippen molar-refractivity contribution in [2.45, 2.75) is 6.61 Å². The van der Waals surface area contributed by atoms with Gasteiger partial charge in [0.15, 0.2) is 16.7 Å². The van der Waals surface area contributed by atoms with E-state index in [4.69, 9.17) is 44.3 Å². The summed E-state index contributed by atoms with van der Waals surface area (Å²) in [6.07, 6.45) is 1.76. The summed E-state index contributed by atoms with van der Waals surface area (Å²) in [5, 5.41) is 4.96. The summed E-state index contributed by atoms with van der Waals surface area (Å²) < 4.78 is 12.2. The Morgan fingerprint density at radius 3 is 2.50 bits per heavy atom. The van der Waals surface area contributed by atoms with Crippen LogP contribution < -0.4 is 14.8 Å². The number of carbonyl (C=O) groups is 1. The summed E-state index contributed by atoms with van der Waals surface area (Å²) in [7, 11) is 1.55. The average Bonchev–Trinajstić information content (AvgIpc) is 3.13. The SMILES string of the molecule is COc1cc(/C=C2\SC(=Nc3ccc(Cl)cc3)NC2=O)cc(Br)c1OCc1ccc(Cl)cc1Cl. The Hall–Kier alpha value is -2.16. The molecule has 1 aliphatic rings. The minimum atomic E-state index is -0.231. The normalized spacial score (nSPS) is 15.6. The van der Waals surface area contributed by atoms with Crippen molar-refractivity contribution in [1.29, 1.82) is 0 Å². The number of halogens is 4. The molecular weight excluding hydrogens is 583 g/mol. The van der Waals surface area contributed by atoms with E-state index in [2.05, 4.69) is 26.2 Å². The van der Waals surface area contributed by atoms with E-state index in [0.29, 0.717) is 46.8 Å². The van der Waals surface area contributed by atoms with Crippen molar-refractivity contribution in [3.63, 3.8) is 0 Å². The number of benzene rings is 3. The van der Waals surface area contributed by atoms with E-state index in [0.717, 1.165) is 11.1 Å². The first-order valence-corrected chi connectivity index (χ1v) is 12.6. The Balaban J connectivity index is 1.53. The van der Waals surface area contributed by atoms with E-state index < -0.39 is 0 Å². The molecule has 1 aliphatic heterocycles. The maximum atomic E-state index is 12.5. The first kappa shape index (κ1) is 24.9. The predicted molar refractivity (Wildman–Crippen MR) is 144 cm³/mol. The minimum absolute atomic E-state index is 0.230. The second kappa shape index (κ2) is 11.1. The molecule has 0 radical (unpaired) electrons. The van der Waals surface area contributed by atoms with Crippen LogP contribution in [0.1, 0.15) is 11.1 Å². The van der Waals surface area contributed by atoms with Gasteiger partial charge in [-0.05, 0) is 87.9 Å². The molecule has 4 rings (SSSR count). The van der Waals surface area contributed by atoms with Crippen LogP contribution in [-0.4, -0.2) is 18.2 Å². The number of amidine groups is 1. The van der Waals surface area contributed by atoms with Gasteiger partial charge in [0.1, 0.15) is 6.61 Å². The van der Waals surface area contributed by atoms with E-state index in [9.17, 15) is 4.79 Å². The minimum Gasteiger partial charge on any atom is -0.493 e. The second-order valence-electron chi connectivity index (χ2n) is 7.02. The number of hydrogen-bond acceptors (Lipinski definition) is 5. The first-order valence-electron chi connectivity index (χ1n) is 9.82. The Bertz CT molecular complexity index is 1310. The van der Waals surface area contributed by atoms with Gasteiger partial charge >= 0.3 is 0 Å². The number of aliphatic imine (C=N–C) groups is 1. The second-order valence-corrected chi connectivity index (χ2v) is 10.2. The van der Waals surface area contributed by atoms with Crippen molar-refractivity contribution in [3.05, 3.63) is 90.2 Å². The molecule has 1 heterocycles. The van der Waals surface area contributed by atoms with Crippen molar-refractivity contribution in [2.24, 2.45) is 4.99 Å². The highest BCUT2D eigenvalue weighted by Crippen LogP contribution is 2.39. The molecule has 0 bridgehead atoms. The molecule has 0 spiro atoms. The molecule has 0 aromatic heterocycles. The number of methoxy groups -OCH3 is 1. The molecule has 10 heteroatoms. The number of thioether (sulfide) groups is 1. The van der Waals surface area contributed by atoms with Crippen LogP contribution in [0.25, 0.3) is 6.08 Å². The highest BCUT2D eigenvalue weighted by atomic mass is 79.9. The van der Waals surface area contributed by atoms with Crippen LogP contribution in [0.3, 0.4) is 0 Å². The molecule has 1 amide bonds. The summed E-state index contributed by atoms with van der Waals surface area (Å²) in [5.74, 6) is 0.791. The summed E-state index contributed by atoms with van der Waals surface area (Å²) in [6.45, 7) is 0.230. The topological polar surface area (TPSA) is 59.9 Å². The van der Waals surface area contributed by atoms with Crippen molar-refractivity contribution in [2.75, 3.05) is 7.11 Å². The Kier molecular flexibility index (Phi) is 8.11. The number of nitrogens with zero attached hydrogens (tertiary/aromatic N) is 1. The molecule has 1 fully saturated rings. The Labute approximate surface area is 224 Å². The van der Waals surface area contributed by atoms with E-state index in [1.54, 1.807) is 55.7 Å². The van der Waals surface area contributed by atoms with Gasteiger partial charge in [0.2, 0.25) is 0 Å². The van der Waals surface area contributed by atoms with Crippen LogP contribution in [-0.2, 0) is 11.4 Å². The lowest BCUT2D eigenvalue weighted by atomic mass is 10.2. The molecule has 0 unspecified atom stereocenters. The molecule has 3 aromatic rings. The smallest absolute Gasteiger partial charge is 0.264 e. The molecule has 5 nitrogen and oxygen atoms in total. The third-order valence-electron chi connectivity index (χ3n) is 4.64. The third-order valence-corrected chi connectivity index (χ3v) is 6.98. The Morgan fingerprint density at radius 1 is 1.06 bits per heavy atom. The number of nitrogens with one attached hydrogen (secondary N) is 1. The number of carbonyl (C=O) groups excluding carboxylic acids is 1. The van der Waals surface area contributed by atoms with Gasteiger partial charge in [-0.1, -0.05) is 40.9 Å². The van der Waals surface area contributed by atoms with Crippen molar-refractivity contribution in [1.82, 2.24) is 5.32 Å². The van der Waals surface area contributed by atoms with Crippen LogP contribution >= 0.6 is 62.5 Å². The Morgan fingerprint density at radius 2 is 1.79 bits per heavy atom. The van der Waals surface area contributed by atoms with Gasteiger partial charge in [-0.15, -0.1) is 0 Å². The molecule has 34 heavy (non-hydrogen) atoms. The average molecular weight is 599 g/mol. The molecule has 0 aliphatic carbocycles. The maximum Gasteiger partial charge on any atom is 0.264 e. The van der Waals surface area contributed by atoms with Crippen molar-refractivity contribution in [3.8, 4) is 11.5 Å². The largest absolute Gasteiger partial charge is 0.493 e. The zero-order valence-electron chi connectivity index (χ0n) is 17.6. The summed E-state index contributed by atoms with van der Waals surface area (Å²) in [5.41, 5.74) is 2.24. The third kappa shape index (κ3) is 6.09. The van der Waals surface area contributed by atoms with Crippen LogP contribution in [0.15, 0.2) is 69.0 Å². The van der Waals surface area contributed by atoms with Gasteiger partial charge in [-0.25, -0.2) is 4.99 Å². The number of ether oxygens (including phenoxy) is 2. The fourth-order valence-electron chi connectivity index (χ4n) is 3.02. The number of hydrogen-bond donors (Lipinski definition) is 1. The van der Waals surface area contributed by atoms with Crippen molar-refractivity contribution < 1.29 is 14.3 Å². The van der Waals surface area contributed by atoms with Crippen molar-refractivity contribution >= 4 is 85.3 Å². The van der Waals surface area contributed by atoms with Gasteiger partial charge in [-0.2, -0.15) is 0 Å². The fourth-order valence-corrected chi connectivity index (χ4v) is 5.02. The maximum absolute atomic E-state index is 12.5. The van der Waals surface area contributed by atoms with Crippen LogP contribution in [0.2, 0.25) is 15.1 Å². The number of amides is 1. The van der Waals surface area contributed by atoms with Gasteiger partial charge < -0.3 is 14.8 Å². The van der Waals surface area contributed by atoms with E-state index in [1.165, 1.54) is 11.8 Å². The fraction of sp³-hybridized carbons (Fsp3) is 0.0833. The molecule has 3 aromatic carbocycles. The highest BCUT2D eigenvalue weighted by Gasteiger charge is 2.24. The summed E-state index contributed by atoms with van der Waals surface area (Å²) >= 11 is 22.9. The molecule has 1 N–H and O–H groups in total. The molecule has 1 saturated heterocycles. The molecule has 0 saturated carbocycles. The molecule has 0 atom stereocenters. The molecular formula is C24H16BrCl3N2O3S. The summed E-state index contributed by atoms with van der Waals surface area (Å²) in [6, 6.07) is 15.9. The number of rotatable bonds is 6. The van der Waals surface area contributed by atoms with Gasteiger partial charge in [0.05, 0.1) is 22.2 Å². The zero-order chi connectivity index (χ0) is 24.2. The zero-order valence-corrected chi connectivity index (χ0v) is 22.2. The van der Waals surface area contributed by atoms with Crippen LogP contribution in [0, 0.1) is 0 Å². The lowest BCUT2D eigenvalue weighted by molar-refractivity contribution is -0.115. The predicted octanol–water partition coefficient (Wildman–Crippen LogP) is 7.89. The van der Waals surface area contributed by atoms with E-state index in [-0.39, 0.29) is 12.5 Å². The van der Waals surface area contributed by atoms with Gasteiger partial charge in [-0.3, -0.25) is 4.79 Å². The standard InChI is InChI=1S/C24H16BrCl3N2O3S/c1-32-20-9-13(8-18(25)22(20)33-12-14-2-3-16(27)11-19(14)28)10-21-23(31)30-24(34-21)29-17-6-4-15(26)5-7-17/h2-11H,12H2,1H3,(H,29,30,31)/b21-10-. The van der Waals surface area contributed by atoms with E-state index in [1.807, 2.05) is 12.1 Å². The lowest BCUT2D eigenvalue weighted by Crippen LogP contribution is -2.19. The molecule has 174 valence electrons. The monoisotopic (exact) mass is 596 g/mol. The van der Waals surface area contributed by atoms with Crippen LogP contribution in [0.5, 0.6) is 11.5 Å². The first-order chi connectivity index (χ1) is 16.3. The van der Waals surface area contributed by atoms with Gasteiger partial charge in [0.25, 0.3) is 5.91 Å².